The Hall–Kier alpha value is -3.68. The third-order valence-corrected chi connectivity index (χ3v) is 6.43. The Bertz CT molecular complexity index is 1400. The van der Waals surface area contributed by atoms with Gasteiger partial charge in [0.05, 0.1) is 30.4 Å². The summed E-state index contributed by atoms with van der Waals surface area (Å²) in [4.78, 5) is 28.1. The first-order chi connectivity index (χ1) is 17.2. The molecule has 1 saturated heterocycles. The topological polar surface area (TPSA) is 96.3 Å². The number of phenolic OH excluding ortho intramolecular Hbond substituents is 1. The number of nitrogens with zero attached hydrogens (tertiary/aromatic N) is 1. The molecule has 0 aliphatic carbocycles. The number of phenols is 1. The molecule has 1 heterocycles. The lowest BCUT2D eigenvalue weighted by Gasteiger charge is -2.27. The smallest absolute Gasteiger partial charge is 0.300 e. The zero-order chi connectivity index (χ0) is 26.1. The van der Waals surface area contributed by atoms with Gasteiger partial charge in [-0.05, 0) is 73.5 Å². The van der Waals surface area contributed by atoms with E-state index in [1.807, 2.05) is 0 Å². The Morgan fingerprint density at radius 1 is 1.03 bits per heavy atom. The number of benzene rings is 3. The van der Waals surface area contributed by atoms with Crippen molar-refractivity contribution in [3.63, 3.8) is 0 Å². The van der Waals surface area contributed by atoms with Gasteiger partial charge in [0.2, 0.25) is 0 Å². The summed E-state index contributed by atoms with van der Waals surface area (Å²) in [7, 11) is 1.43. The third-order valence-electron chi connectivity index (χ3n) is 5.89. The predicted molar refractivity (Wildman–Crippen MR) is 138 cm³/mol. The Balaban J connectivity index is 1.99. The molecule has 1 fully saturated rings. The molecule has 186 valence electrons. The van der Waals surface area contributed by atoms with E-state index < -0.39 is 23.5 Å². The second-order valence-corrected chi connectivity index (χ2v) is 8.95. The number of methoxy groups -OCH3 is 1. The van der Waals surface area contributed by atoms with Crippen LogP contribution in [-0.4, -0.2) is 35.6 Å². The lowest BCUT2D eigenvalue weighted by molar-refractivity contribution is -0.132. The van der Waals surface area contributed by atoms with Crippen molar-refractivity contribution in [3.8, 4) is 17.2 Å². The summed E-state index contributed by atoms with van der Waals surface area (Å²) in [5.74, 6) is -1.70. The van der Waals surface area contributed by atoms with Gasteiger partial charge >= 0.3 is 0 Å². The second-order valence-electron chi connectivity index (χ2n) is 8.11. The van der Waals surface area contributed by atoms with Crippen LogP contribution >= 0.6 is 23.2 Å². The summed E-state index contributed by atoms with van der Waals surface area (Å²) < 4.78 is 10.8. The molecule has 0 bridgehead atoms. The third kappa shape index (κ3) is 4.47. The van der Waals surface area contributed by atoms with Crippen LogP contribution in [0.4, 0.5) is 5.69 Å². The number of Topliss-reactive ketones (excluding diaryl/α,β-unsaturated/α-hetero) is 1. The van der Waals surface area contributed by atoms with Gasteiger partial charge in [-0.25, -0.2) is 0 Å². The Morgan fingerprint density at radius 2 is 1.78 bits per heavy atom. The molecule has 1 amide bonds. The minimum absolute atomic E-state index is 0.0948. The number of carbonyl (C=O) groups is 2. The van der Waals surface area contributed by atoms with Crippen molar-refractivity contribution in [1.29, 1.82) is 0 Å². The number of halogens is 2. The van der Waals surface area contributed by atoms with Crippen LogP contribution in [0.3, 0.4) is 0 Å². The molecule has 1 atom stereocenters. The van der Waals surface area contributed by atoms with Crippen LogP contribution in [0.25, 0.3) is 5.76 Å². The fourth-order valence-electron chi connectivity index (χ4n) is 4.22. The predicted octanol–water partition coefficient (Wildman–Crippen LogP) is 6.04. The van der Waals surface area contributed by atoms with Crippen molar-refractivity contribution in [1.82, 2.24) is 0 Å². The number of aliphatic hydroxyl groups is 1. The van der Waals surface area contributed by atoms with Gasteiger partial charge in [-0.3, -0.25) is 14.5 Å². The first-order valence-electron chi connectivity index (χ1n) is 11.0. The van der Waals surface area contributed by atoms with Crippen LogP contribution in [0.1, 0.15) is 29.7 Å². The monoisotopic (exact) mass is 527 g/mol. The second kappa shape index (κ2) is 10.1. The van der Waals surface area contributed by atoms with Crippen molar-refractivity contribution >= 4 is 46.3 Å². The molecule has 4 rings (SSSR count). The van der Waals surface area contributed by atoms with E-state index in [1.165, 1.54) is 36.3 Å². The molecule has 0 spiro atoms. The van der Waals surface area contributed by atoms with Crippen LogP contribution in [0.2, 0.25) is 10.0 Å². The van der Waals surface area contributed by atoms with Crippen molar-refractivity contribution in [2.75, 3.05) is 18.6 Å². The fourth-order valence-corrected chi connectivity index (χ4v) is 4.64. The summed E-state index contributed by atoms with van der Waals surface area (Å²) in [6.45, 7) is 3.82. The number of hydrogen-bond donors (Lipinski definition) is 2. The molecule has 36 heavy (non-hydrogen) atoms. The van der Waals surface area contributed by atoms with E-state index in [4.69, 9.17) is 32.7 Å². The summed E-state index contributed by atoms with van der Waals surface area (Å²) in [6, 6.07) is 13.0. The van der Waals surface area contributed by atoms with Gasteiger partial charge in [0.25, 0.3) is 11.7 Å². The molecule has 0 radical (unpaired) electrons. The molecule has 7 nitrogen and oxygen atoms in total. The summed E-state index contributed by atoms with van der Waals surface area (Å²) >= 11 is 12.3. The highest BCUT2D eigenvalue weighted by molar-refractivity contribution is 6.52. The number of anilines is 1. The quantitative estimate of drug-likeness (QED) is 0.230. The lowest BCUT2D eigenvalue weighted by atomic mass is 9.94. The molecule has 1 aliphatic rings. The molecule has 9 heteroatoms. The van der Waals surface area contributed by atoms with Crippen LogP contribution in [0, 0.1) is 6.92 Å². The van der Waals surface area contributed by atoms with Gasteiger partial charge in [-0.2, -0.15) is 0 Å². The average Bonchev–Trinajstić information content (AvgIpc) is 3.11. The van der Waals surface area contributed by atoms with Gasteiger partial charge in [0.15, 0.2) is 11.5 Å². The van der Waals surface area contributed by atoms with E-state index in [0.29, 0.717) is 32.6 Å². The van der Waals surface area contributed by atoms with Crippen molar-refractivity contribution in [2.24, 2.45) is 0 Å². The highest BCUT2D eigenvalue weighted by atomic mass is 35.5. The van der Waals surface area contributed by atoms with Gasteiger partial charge < -0.3 is 19.7 Å². The molecule has 0 saturated carbocycles. The number of amides is 1. The Morgan fingerprint density at radius 3 is 2.44 bits per heavy atom. The van der Waals surface area contributed by atoms with Crippen LogP contribution in [-0.2, 0) is 9.59 Å². The molecule has 3 aromatic rings. The lowest BCUT2D eigenvalue weighted by Crippen LogP contribution is -2.30. The van der Waals surface area contributed by atoms with E-state index in [2.05, 4.69) is 0 Å². The average molecular weight is 528 g/mol. The summed E-state index contributed by atoms with van der Waals surface area (Å²) in [5.41, 5.74) is 1.67. The van der Waals surface area contributed by atoms with E-state index in [9.17, 15) is 19.8 Å². The number of aryl methyl sites for hydroxylation is 1. The number of rotatable bonds is 6. The van der Waals surface area contributed by atoms with Gasteiger partial charge in [-0.1, -0.05) is 29.3 Å². The Kier molecular flexibility index (Phi) is 7.15. The van der Waals surface area contributed by atoms with Crippen molar-refractivity contribution in [3.05, 3.63) is 86.9 Å². The van der Waals surface area contributed by atoms with E-state index >= 15 is 0 Å². The molecular weight excluding hydrogens is 505 g/mol. The SMILES string of the molecule is CCOc1cc(C2/C(=C(\O)c3ccc(Cl)c(OC)c3)C(=O)C(=O)N2c2ccc(Cl)cc2C)ccc1O. The normalized spacial score (nSPS) is 16.9. The summed E-state index contributed by atoms with van der Waals surface area (Å²) in [6.07, 6.45) is 0. The van der Waals surface area contributed by atoms with E-state index in [0.717, 1.165) is 0 Å². The Labute approximate surface area is 218 Å². The van der Waals surface area contributed by atoms with Crippen molar-refractivity contribution in [2.45, 2.75) is 19.9 Å². The van der Waals surface area contributed by atoms with Crippen molar-refractivity contribution < 1.29 is 29.3 Å². The van der Waals surface area contributed by atoms with E-state index in [1.54, 1.807) is 44.2 Å². The molecular formula is C27H23Cl2NO6. The highest BCUT2D eigenvalue weighted by Gasteiger charge is 2.47. The maximum absolute atomic E-state index is 13.4. The van der Waals surface area contributed by atoms with Crippen LogP contribution < -0.4 is 14.4 Å². The number of ether oxygens (including phenoxy) is 2. The molecule has 1 aliphatic heterocycles. The fraction of sp³-hybridized carbons (Fsp3) is 0.185. The van der Waals surface area contributed by atoms with E-state index in [-0.39, 0.29) is 29.2 Å². The largest absolute Gasteiger partial charge is 0.507 e. The van der Waals surface area contributed by atoms with Crippen LogP contribution in [0.5, 0.6) is 17.2 Å². The minimum atomic E-state index is -1.02. The maximum Gasteiger partial charge on any atom is 0.300 e. The molecule has 3 aromatic carbocycles. The first kappa shape index (κ1) is 25.4. The highest BCUT2D eigenvalue weighted by Crippen LogP contribution is 2.45. The summed E-state index contributed by atoms with van der Waals surface area (Å²) in [5, 5.41) is 22.4. The zero-order valence-corrected chi connectivity index (χ0v) is 21.2. The van der Waals surface area contributed by atoms with Crippen LogP contribution in [0.15, 0.2) is 60.2 Å². The minimum Gasteiger partial charge on any atom is -0.507 e. The molecule has 0 aromatic heterocycles. The number of carbonyl (C=O) groups excluding carboxylic acids is 2. The number of aliphatic hydroxyl groups excluding tert-OH is 1. The number of hydrogen-bond acceptors (Lipinski definition) is 6. The maximum atomic E-state index is 13.4. The first-order valence-corrected chi connectivity index (χ1v) is 11.8. The van der Waals surface area contributed by atoms with Gasteiger partial charge in [0, 0.05) is 16.3 Å². The standard InChI is InChI=1S/C27H23Cl2NO6/c1-4-36-22-12-15(6-10-20(22)31)24-23(25(32)16-5-8-18(29)21(13-16)35-3)26(33)27(34)30(24)19-9-7-17(28)11-14(19)2/h5-13,24,31-32H,4H2,1-3H3/b25-23+. The zero-order valence-electron chi connectivity index (χ0n) is 19.7. The molecule has 1 unspecified atom stereocenters. The number of aromatic hydroxyl groups is 1. The van der Waals surface area contributed by atoms with Gasteiger partial charge in [0.1, 0.15) is 11.5 Å². The number of ketones is 1. The van der Waals surface area contributed by atoms with Gasteiger partial charge in [-0.15, -0.1) is 0 Å². The molecule has 2 N–H and O–H groups in total.